The normalized spacial score (nSPS) is 10.7. The summed E-state index contributed by atoms with van der Waals surface area (Å²) in [5.74, 6) is -1.36. The summed E-state index contributed by atoms with van der Waals surface area (Å²) in [6, 6.07) is 7.83. The molecule has 5 nitrogen and oxygen atoms in total. The Kier molecular flexibility index (Phi) is 5.53. The molecule has 0 unspecified atom stereocenters. The van der Waals surface area contributed by atoms with Crippen molar-refractivity contribution in [3.05, 3.63) is 75.3 Å². The van der Waals surface area contributed by atoms with Crippen molar-refractivity contribution in [1.29, 1.82) is 5.41 Å². The summed E-state index contributed by atoms with van der Waals surface area (Å²) in [7, 11) is 0. The minimum atomic E-state index is -0.955. The van der Waals surface area contributed by atoms with Gasteiger partial charge in [0.15, 0.2) is 0 Å². The van der Waals surface area contributed by atoms with Gasteiger partial charge in [-0.15, -0.1) is 0 Å². The van der Waals surface area contributed by atoms with E-state index in [0.717, 1.165) is 12.1 Å². The minimum absolute atomic E-state index is 0.0412. The van der Waals surface area contributed by atoms with Crippen LogP contribution in [0.15, 0.2) is 42.5 Å². The molecular weight excluding hydrogens is 497 g/mol. The summed E-state index contributed by atoms with van der Waals surface area (Å²) in [6.45, 7) is 0. The van der Waals surface area contributed by atoms with E-state index in [9.17, 15) is 18.9 Å². The SMILES string of the molecule is N=C(/C=C/c1cccc(F)c1)c1cc([N+](=O)[O-])c(F)cc1[NH][Tl]. The third-order valence-electron chi connectivity index (χ3n) is 3.02. The Hall–Kier alpha value is -2.17. The maximum absolute atomic E-state index is 13.6. The van der Waals surface area contributed by atoms with Crippen molar-refractivity contribution >= 4 is 49.2 Å². The first-order chi connectivity index (χ1) is 10.9. The number of hydrogen-bond acceptors (Lipinski definition) is 4. The first-order valence-electron chi connectivity index (χ1n) is 6.39. The molecule has 0 heterocycles. The molecule has 0 aliphatic carbocycles. The molecule has 2 rings (SSSR count). The Morgan fingerprint density at radius 2 is 2.04 bits per heavy atom. The van der Waals surface area contributed by atoms with Crippen molar-refractivity contribution in [3.8, 4) is 0 Å². The van der Waals surface area contributed by atoms with E-state index >= 15 is 0 Å². The molecule has 0 radical (unpaired) electrons. The van der Waals surface area contributed by atoms with Gasteiger partial charge in [0.1, 0.15) is 0 Å². The number of nitrogens with one attached hydrogen (secondary N) is 2. The standard InChI is InChI=1S/C15H10F2N3O2.Tl/c16-10-3-1-2-9(6-10)4-5-13(18)11-7-15(20(21)22)12(17)8-14(11)19;/h1-8,18-19H;/q-1;+1/b5-4+,18-13?;. The zero-order valence-corrected chi connectivity index (χ0v) is 16.2. The van der Waals surface area contributed by atoms with E-state index in [1.54, 1.807) is 6.07 Å². The molecule has 0 amide bonds. The summed E-state index contributed by atoms with van der Waals surface area (Å²) < 4.78 is 29.6. The van der Waals surface area contributed by atoms with Crippen molar-refractivity contribution in [2.45, 2.75) is 0 Å². The number of rotatable bonds is 5. The maximum atomic E-state index is 13.6. The molecule has 0 spiro atoms. The molecule has 0 bridgehead atoms. The van der Waals surface area contributed by atoms with Gasteiger partial charge in [-0.25, -0.2) is 0 Å². The Labute approximate surface area is 146 Å². The fourth-order valence-corrected chi connectivity index (χ4v) is 2.85. The van der Waals surface area contributed by atoms with E-state index in [1.165, 1.54) is 30.4 Å². The quantitative estimate of drug-likeness (QED) is 0.282. The number of hydrogen-bond donors (Lipinski definition) is 2. The summed E-state index contributed by atoms with van der Waals surface area (Å²) in [5.41, 5.74) is 0.363. The average molecular weight is 507 g/mol. The van der Waals surface area contributed by atoms with E-state index < -0.39 is 22.2 Å². The van der Waals surface area contributed by atoms with Crippen LogP contribution in [0.25, 0.3) is 6.08 Å². The topological polar surface area (TPSA) is 79.0 Å². The van der Waals surface area contributed by atoms with E-state index in [4.69, 9.17) is 5.41 Å². The summed E-state index contributed by atoms with van der Waals surface area (Å²) >= 11 is 0.277. The molecule has 0 saturated carbocycles. The van der Waals surface area contributed by atoms with Crippen molar-refractivity contribution in [1.82, 2.24) is 0 Å². The van der Waals surface area contributed by atoms with Gasteiger partial charge in [-0.05, 0) is 0 Å². The molecular formula is C15H10F2N3O2Tl. The number of nitro benzene ring substituents is 1. The van der Waals surface area contributed by atoms with Crippen LogP contribution in [0.1, 0.15) is 11.1 Å². The van der Waals surface area contributed by atoms with E-state index in [0.29, 0.717) is 11.3 Å². The Morgan fingerprint density at radius 1 is 1.30 bits per heavy atom. The van der Waals surface area contributed by atoms with Crippen molar-refractivity contribution < 1.29 is 13.7 Å². The summed E-state index contributed by atoms with van der Waals surface area (Å²) in [5, 5.41) is 18.9. The number of benzene rings is 2. The molecule has 0 aliphatic rings. The number of nitrogens with zero attached hydrogens (tertiary/aromatic N) is 1. The third kappa shape index (κ3) is 4.18. The number of nitro groups is 1. The molecule has 0 aromatic heterocycles. The van der Waals surface area contributed by atoms with Gasteiger partial charge < -0.3 is 0 Å². The van der Waals surface area contributed by atoms with Gasteiger partial charge in [0.05, 0.1) is 0 Å². The van der Waals surface area contributed by atoms with Gasteiger partial charge in [0.25, 0.3) is 0 Å². The molecule has 0 fully saturated rings. The second kappa shape index (κ2) is 7.40. The molecule has 0 aliphatic heterocycles. The van der Waals surface area contributed by atoms with Gasteiger partial charge in [-0.1, -0.05) is 0 Å². The van der Waals surface area contributed by atoms with Gasteiger partial charge in [-0.3, -0.25) is 0 Å². The Bertz CT molecular complexity index is 809. The molecule has 114 valence electrons. The van der Waals surface area contributed by atoms with Gasteiger partial charge in [0, 0.05) is 0 Å². The second-order valence-corrected chi connectivity index (χ2v) is 5.67. The molecule has 8 heteroatoms. The Balaban J connectivity index is 2.38. The molecule has 23 heavy (non-hydrogen) atoms. The van der Waals surface area contributed by atoms with Crippen molar-refractivity contribution in [2.24, 2.45) is 0 Å². The van der Waals surface area contributed by atoms with Crippen LogP contribution in [0.3, 0.4) is 0 Å². The van der Waals surface area contributed by atoms with Crippen LogP contribution in [-0.2, 0) is 0 Å². The number of anilines is 1. The van der Waals surface area contributed by atoms with Crippen LogP contribution in [-0.4, -0.2) is 36.7 Å². The van der Waals surface area contributed by atoms with E-state index in [2.05, 4.69) is 3.13 Å². The van der Waals surface area contributed by atoms with E-state index in [-0.39, 0.29) is 37.3 Å². The van der Waals surface area contributed by atoms with Crippen LogP contribution >= 0.6 is 0 Å². The molecule has 2 aromatic rings. The van der Waals surface area contributed by atoms with Gasteiger partial charge >= 0.3 is 147 Å². The van der Waals surface area contributed by atoms with Crippen LogP contribution < -0.4 is 3.13 Å². The summed E-state index contributed by atoms with van der Waals surface area (Å²) in [6.07, 6.45) is 2.90. The first kappa shape index (κ1) is 17.2. The van der Waals surface area contributed by atoms with Crippen LogP contribution in [0.2, 0.25) is 0 Å². The first-order valence-corrected chi connectivity index (χ1v) is 8.64. The van der Waals surface area contributed by atoms with Gasteiger partial charge in [0.2, 0.25) is 0 Å². The predicted octanol–water partition coefficient (Wildman–Crippen LogP) is 3.45. The fourth-order valence-electron chi connectivity index (χ4n) is 1.92. The third-order valence-corrected chi connectivity index (χ3v) is 4.23. The van der Waals surface area contributed by atoms with Crippen molar-refractivity contribution in [2.75, 3.05) is 3.13 Å². The molecule has 0 atom stereocenters. The molecule has 2 N–H and O–H groups in total. The zero-order chi connectivity index (χ0) is 17.0. The average Bonchev–Trinajstić information content (AvgIpc) is 2.52. The molecule has 0 saturated heterocycles. The van der Waals surface area contributed by atoms with Crippen LogP contribution in [0.4, 0.5) is 20.2 Å². The number of halogens is 2. The predicted molar refractivity (Wildman–Crippen MR) is 84.7 cm³/mol. The Morgan fingerprint density at radius 3 is 2.65 bits per heavy atom. The fraction of sp³-hybridized carbons (Fsp3) is 0. The van der Waals surface area contributed by atoms with Gasteiger partial charge in [-0.2, -0.15) is 0 Å². The second-order valence-electron chi connectivity index (χ2n) is 4.55. The zero-order valence-electron chi connectivity index (χ0n) is 11.7. The van der Waals surface area contributed by atoms with Crippen molar-refractivity contribution in [3.63, 3.8) is 0 Å². The summed E-state index contributed by atoms with van der Waals surface area (Å²) in [4.78, 5) is 10.0. The van der Waals surface area contributed by atoms with Crippen LogP contribution in [0.5, 0.6) is 0 Å². The van der Waals surface area contributed by atoms with E-state index in [1.807, 2.05) is 0 Å². The molecule has 2 aromatic carbocycles. The number of allylic oxidation sites excluding steroid dienone is 1. The van der Waals surface area contributed by atoms with Crippen LogP contribution in [0, 0.1) is 27.2 Å². The monoisotopic (exact) mass is 507 g/mol.